The van der Waals surface area contributed by atoms with Gasteiger partial charge in [-0.3, -0.25) is 10.1 Å². The van der Waals surface area contributed by atoms with Crippen LogP contribution in [0.15, 0.2) is 29.4 Å². The summed E-state index contributed by atoms with van der Waals surface area (Å²) in [6.07, 6.45) is 5.12. The Balaban J connectivity index is 1.39. The molecule has 1 saturated carbocycles. The minimum atomic E-state index is -0.142. The number of hydrogen-bond donors (Lipinski definition) is 1. The normalized spacial score (nSPS) is 14.2. The largest absolute Gasteiger partial charge is 0.490 e. The molecule has 1 aliphatic rings. The zero-order valence-corrected chi connectivity index (χ0v) is 18.6. The number of nitrogens with one attached hydrogen (secondary N) is 1. The fourth-order valence-electron chi connectivity index (χ4n) is 3.41. The Morgan fingerprint density at radius 1 is 1.20 bits per heavy atom. The van der Waals surface area contributed by atoms with Gasteiger partial charge in [-0.2, -0.15) is 0 Å². The third-order valence-corrected chi connectivity index (χ3v) is 6.58. The van der Waals surface area contributed by atoms with Crippen LogP contribution >= 0.6 is 23.1 Å². The average Bonchev–Trinajstić information content (AvgIpc) is 3.48. The zero-order valence-electron chi connectivity index (χ0n) is 17.0. The van der Waals surface area contributed by atoms with Gasteiger partial charge in [0.05, 0.1) is 11.9 Å². The lowest BCUT2D eigenvalue weighted by Gasteiger charge is -2.13. The zero-order chi connectivity index (χ0) is 20.9. The Labute approximate surface area is 183 Å². The third kappa shape index (κ3) is 4.99. The molecule has 0 saturated heterocycles. The van der Waals surface area contributed by atoms with Crippen molar-refractivity contribution in [2.75, 3.05) is 11.1 Å². The second kappa shape index (κ2) is 9.57. The number of carbonyl (C=O) groups excluding carboxylic acids is 1. The molecule has 0 aliphatic heterocycles. The predicted molar refractivity (Wildman–Crippen MR) is 118 cm³/mol. The van der Waals surface area contributed by atoms with Gasteiger partial charge in [0.25, 0.3) is 0 Å². The van der Waals surface area contributed by atoms with Crippen molar-refractivity contribution < 1.29 is 9.53 Å². The lowest BCUT2D eigenvalue weighted by Crippen LogP contribution is -2.14. The van der Waals surface area contributed by atoms with Crippen molar-refractivity contribution in [1.82, 2.24) is 25.0 Å². The van der Waals surface area contributed by atoms with Crippen molar-refractivity contribution in [2.45, 2.75) is 57.3 Å². The maximum absolute atomic E-state index is 12.2. The smallest absolute Gasteiger partial charge is 0.236 e. The molecule has 8 nitrogen and oxygen atoms in total. The summed E-state index contributed by atoms with van der Waals surface area (Å²) in [4.78, 5) is 12.2. The molecule has 158 valence electrons. The van der Waals surface area contributed by atoms with Crippen LogP contribution < -0.4 is 10.1 Å². The van der Waals surface area contributed by atoms with Crippen molar-refractivity contribution in [2.24, 2.45) is 0 Å². The van der Waals surface area contributed by atoms with Crippen LogP contribution in [0.25, 0.3) is 11.4 Å². The van der Waals surface area contributed by atoms with Crippen LogP contribution in [-0.4, -0.2) is 42.7 Å². The number of benzene rings is 1. The molecule has 1 N–H and O–H groups in total. The Hall–Kier alpha value is -2.46. The van der Waals surface area contributed by atoms with E-state index in [1.54, 1.807) is 0 Å². The van der Waals surface area contributed by atoms with Crippen molar-refractivity contribution in [3.8, 4) is 17.1 Å². The first kappa shape index (κ1) is 20.8. The van der Waals surface area contributed by atoms with E-state index in [0.717, 1.165) is 35.0 Å². The fraction of sp³-hybridized carbons (Fsp3) is 0.450. The van der Waals surface area contributed by atoms with E-state index in [-0.39, 0.29) is 11.7 Å². The number of hydrogen-bond acceptors (Lipinski definition) is 8. The van der Waals surface area contributed by atoms with E-state index in [1.165, 1.54) is 35.9 Å². The molecular formula is C20H24N6O2S2. The SMILES string of the molecule is CCn1c(SCC(=O)Nc2nnc(C)s2)nnc1-c1ccc(OC2CCCC2)cc1. The van der Waals surface area contributed by atoms with E-state index < -0.39 is 0 Å². The van der Waals surface area contributed by atoms with Gasteiger partial charge in [-0.25, -0.2) is 0 Å². The number of ether oxygens (including phenoxy) is 1. The van der Waals surface area contributed by atoms with Gasteiger partial charge >= 0.3 is 0 Å². The molecule has 1 amide bonds. The average molecular weight is 445 g/mol. The highest BCUT2D eigenvalue weighted by atomic mass is 32.2. The molecule has 4 rings (SSSR count). The van der Waals surface area contributed by atoms with Crippen LogP contribution in [0.4, 0.5) is 5.13 Å². The summed E-state index contributed by atoms with van der Waals surface area (Å²) in [5, 5.41) is 21.2. The molecule has 1 fully saturated rings. The summed E-state index contributed by atoms with van der Waals surface area (Å²) in [6.45, 7) is 4.60. The number of carbonyl (C=O) groups is 1. The standard InChI is InChI=1S/C20H24N6O2S2/c1-3-26-18(14-8-10-16(11-9-14)28-15-6-4-5-7-15)23-25-20(26)29-12-17(27)21-19-24-22-13(2)30-19/h8-11,15H,3-7,12H2,1-2H3,(H,21,24,27). The number of aryl methyl sites for hydroxylation is 1. The highest BCUT2D eigenvalue weighted by molar-refractivity contribution is 7.99. The fourth-order valence-corrected chi connectivity index (χ4v) is 4.82. The van der Waals surface area contributed by atoms with E-state index in [2.05, 4.69) is 25.7 Å². The highest BCUT2D eigenvalue weighted by Crippen LogP contribution is 2.28. The first-order chi connectivity index (χ1) is 14.6. The number of aromatic nitrogens is 5. The topological polar surface area (TPSA) is 94.8 Å². The molecule has 1 aromatic carbocycles. The Morgan fingerprint density at radius 3 is 2.63 bits per heavy atom. The molecule has 3 aromatic rings. The summed E-state index contributed by atoms with van der Waals surface area (Å²) in [5.41, 5.74) is 0.976. The van der Waals surface area contributed by atoms with Crippen LogP contribution in [0.1, 0.15) is 37.6 Å². The van der Waals surface area contributed by atoms with Gasteiger partial charge in [0.2, 0.25) is 11.0 Å². The number of thioether (sulfide) groups is 1. The van der Waals surface area contributed by atoms with Gasteiger partial charge in [-0.15, -0.1) is 20.4 Å². The van der Waals surface area contributed by atoms with Gasteiger partial charge in [0, 0.05) is 12.1 Å². The molecule has 0 spiro atoms. The van der Waals surface area contributed by atoms with Crippen LogP contribution in [0.3, 0.4) is 0 Å². The Bertz CT molecular complexity index is 995. The second-order valence-corrected chi connectivity index (χ2v) is 9.19. The molecule has 0 atom stereocenters. The van der Waals surface area contributed by atoms with Crippen molar-refractivity contribution in [3.63, 3.8) is 0 Å². The lowest BCUT2D eigenvalue weighted by molar-refractivity contribution is -0.113. The predicted octanol–water partition coefficient (Wildman–Crippen LogP) is 4.18. The van der Waals surface area contributed by atoms with Crippen molar-refractivity contribution in [3.05, 3.63) is 29.3 Å². The first-order valence-corrected chi connectivity index (χ1v) is 11.9. The number of amides is 1. The van der Waals surface area contributed by atoms with E-state index >= 15 is 0 Å². The third-order valence-electron chi connectivity index (χ3n) is 4.86. The number of nitrogens with zero attached hydrogens (tertiary/aromatic N) is 5. The molecular weight excluding hydrogens is 420 g/mol. The Kier molecular flexibility index (Phi) is 6.63. The van der Waals surface area contributed by atoms with Gasteiger partial charge < -0.3 is 9.30 Å². The highest BCUT2D eigenvalue weighted by Gasteiger charge is 2.18. The molecule has 2 aromatic heterocycles. The summed E-state index contributed by atoms with van der Waals surface area (Å²) < 4.78 is 8.06. The molecule has 30 heavy (non-hydrogen) atoms. The monoisotopic (exact) mass is 444 g/mol. The van der Waals surface area contributed by atoms with Crippen molar-refractivity contribution in [1.29, 1.82) is 0 Å². The number of rotatable bonds is 8. The van der Waals surface area contributed by atoms with E-state index in [0.29, 0.717) is 22.9 Å². The van der Waals surface area contributed by atoms with Crippen LogP contribution in [0, 0.1) is 6.92 Å². The molecule has 1 aliphatic carbocycles. The first-order valence-electron chi connectivity index (χ1n) is 10.1. The van der Waals surface area contributed by atoms with Crippen molar-refractivity contribution >= 4 is 34.1 Å². The van der Waals surface area contributed by atoms with E-state index in [4.69, 9.17) is 4.74 Å². The molecule has 0 unspecified atom stereocenters. The van der Waals surface area contributed by atoms with E-state index in [1.807, 2.05) is 42.7 Å². The number of anilines is 1. The van der Waals surface area contributed by atoms with Crippen LogP contribution in [0.2, 0.25) is 0 Å². The van der Waals surface area contributed by atoms with Gasteiger partial charge in [0.1, 0.15) is 10.8 Å². The lowest BCUT2D eigenvalue weighted by atomic mass is 10.2. The summed E-state index contributed by atoms with van der Waals surface area (Å²) in [6, 6.07) is 8.01. The summed E-state index contributed by atoms with van der Waals surface area (Å²) in [7, 11) is 0. The molecule has 0 radical (unpaired) electrons. The molecule has 2 heterocycles. The maximum Gasteiger partial charge on any atom is 0.236 e. The summed E-state index contributed by atoms with van der Waals surface area (Å²) >= 11 is 2.71. The molecule has 0 bridgehead atoms. The van der Waals surface area contributed by atoms with Gasteiger partial charge in [-0.05, 0) is 63.8 Å². The van der Waals surface area contributed by atoms with E-state index in [9.17, 15) is 4.79 Å². The Morgan fingerprint density at radius 2 is 1.97 bits per heavy atom. The van der Waals surface area contributed by atoms with Gasteiger partial charge in [0.15, 0.2) is 11.0 Å². The van der Waals surface area contributed by atoms with Crippen LogP contribution in [0.5, 0.6) is 5.75 Å². The minimum Gasteiger partial charge on any atom is -0.490 e. The maximum atomic E-state index is 12.2. The summed E-state index contributed by atoms with van der Waals surface area (Å²) in [5.74, 6) is 1.76. The quantitative estimate of drug-likeness (QED) is 0.521. The molecule has 10 heteroatoms. The van der Waals surface area contributed by atoms with Crippen LogP contribution in [-0.2, 0) is 11.3 Å². The second-order valence-electron chi connectivity index (χ2n) is 7.06. The minimum absolute atomic E-state index is 0.142. The van der Waals surface area contributed by atoms with Gasteiger partial charge in [-0.1, -0.05) is 23.1 Å².